The summed E-state index contributed by atoms with van der Waals surface area (Å²) < 4.78 is 24.2. The van der Waals surface area contributed by atoms with Crippen LogP contribution >= 0.6 is 23.2 Å². The number of amides is 1. The molecule has 1 amide bonds. The van der Waals surface area contributed by atoms with Crippen molar-refractivity contribution in [2.24, 2.45) is 0 Å². The first-order chi connectivity index (χ1) is 11.1. The molecule has 0 aliphatic heterocycles. The quantitative estimate of drug-likeness (QED) is 0.853. The third-order valence-electron chi connectivity index (χ3n) is 3.31. The fraction of sp³-hybridized carbons (Fsp3) is 0.188. The van der Waals surface area contributed by atoms with Crippen molar-refractivity contribution in [1.82, 2.24) is 0 Å². The Kier molecular flexibility index (Phi) is 5.74. The van der Waals surface area contributed by atoms with Crippen molar-refractivity contribution in [3.63, 3.8) is 0 Å². The van der Waals surface area contributed by atoms with E-state index in [-0.39, 0.29) is 12.3 Å². The van der Waals surface area contributed by atoms with Gasteiger partial charge in [-0.3, -0.25) is 9.10 Å². The minimum absolute atomic E-state index is 0.146. The van der Waals surface area contributed by atoms with Crippen molar-refractivity contribution in [1.29, 1.82) is 0 Å². The maximum absolute atomic E-state index is 12.1. The smallest absolute Gasteiger partial charge is 0.231 e. The third-order valence-corrected chi connectivity index (χ3v) is 4.95. The molecule has 0 bridgehead atoms. The molecule has 128 valence electrons. The second kappa shape index (κ2) is 7.42. The number of carbonyl (C=O) groups is 1. The van der Waals surface area contributed by atoms with Gasteiger partial charge in [0.15, 0.2) is 0 Å². The predicted molar refractivity (Wildman–Crippen MR) is 98.5 cm³/mol. The van der Waals surface area contributed by atoms with E-state index in [1.54, 1.807) is 42.5 Å². The highest BCUT2D eigenvalue weighted by atomic mass is 35.5. The number of nitrogens with zero attached hydrogens (tertiary/aromatic N) is 1. The average Bonchev–Trinajstić information content (AvgIpc) is 2.45. The molecule has 8 heteroatoms. The molecule has 0 atom stereocenters. The van der Waals surface area contributed by atoms with Gasteiger partial charge in [-0.25, -0.2) is 8.42 Å². The molecule has 1 N–H and O–H groups in total. The van der Waals surface area contributed by atoms with Crippen LogP contribution in [-0.4, -0.2) is 27.6 Å². The largest absolute Gasteiger partial charge is 0.326 e. The molecule has 5 nitrogen and oxygen atoms in total. The van der Waals surface area contributed by atoms with Crippen LogP contribution in [0.5, 0.6) is 0 Å². The summed E-state index contributed by atoms with van der Waals surface area (Å²) in [6, 6.07) is 11.5. The molecular weight excluding hydrogens is 371 g/mol. The van der Waals surface area contributed by atoms with E-state index in [2.05, 4.69) is 5.32 Å². The molecule has 24 heavy (non-hydrogen) atoms. The SMILES string of the molecule is CN(c1ccc(CC(=O)Nc2cc(Cl)cc(Cl)c2)cc1)S(C)(=O)=O. The van der Waals surface area contributed by atoms with E-state index < -0.39 is 10.0 Å². The van der Waals surface area contributed by atoms with Crippen molar-refractivity contribution in [3.05, 3.63) is 58.1 Å². The highest BCUT2D eigenvalue weighted by Crippen LogP contribution is 2.23. The van der Waals surface area contributed by atoms with Crippen molar-refractivity contribution < 1.29 is 13.2 Å². The van der Waals surface area contributed by atoms with Crippen molar-refractivity contribution in [2.75, 3.05) is 22.9 Å². The van der Waals surface area contributed by atoms with Crippen molar-refractivity contribution in [2.45, 2.75) is 6.42 Å². The molecule has 0 heterocycles. The maximum atomic E-state index is 12.1. The van der Waals surface area contributed by atoms with Gasteiger partial charge in [-0.2, -0.15) is 0 Å². The predicted octanol–water partition coefficient (Wildman–Crippen LogP) is 3.57. The van der Waals surface area contributed by atoms with Crippen LogP contribution in [0.25, 0.3) is 0 Å². The first kappa shape index (κ1) is 18.6. The van der Waals surface area contributed by atoms with Crippen LogP contribution in [0.15, 0.2) is 42.5 Å². The highest BCUT2D eigenvalue weighted by Gasteiger charge is 2.12. The summed E-state index contributed by atoms with van der Waals surface area (Å²) in [5, 5.41) is 3.59. The molecule has 0 saturated carbocycles. The summed E-state index contributed by atoms with van der Waals surface area (Å²) >= 11 is 11.8. The Bertz CT molecular complexity index is 832. The van der Waals surface area contributed by atoms with Crippen LogP contribution in [0.4, 0.5) is 11.4 Å². The van der Waals surface area contributed by atoms with E-state index >= 15 is 0 Å². The Balaban J connectivity index is 2.04. The number of nitrogens with one attached hydrogen (secondary N) is 1. The van der Waals surface area contributed by atoms with Crippen LogP contribution < -0.4 is 9.62 Å². The van der Waals surface area contributed by atoms with E-state index in [1.165, 1.54) is 11.4 Å². The lowest BCUT2D eigenvalue weighted by Crippen LogP contribution is -2.24. The summed E-state index contributed by atoms with van der Waals surface area (Å²) in [4.78, 5) is 12.1. The third kappa shape index (κ3) is 5.12. The molecule has 2 aromatic carbocycles. The van der Waals surface area contributed by atoms with E-state index in [4.69, 9.17) is 23.2 Å². The first-order valence-corrected chi connectivity index (χ1v) is 9.54. The van der Waals surface area contributed by atoms with Gasteiger partial charge in [-0.05, 0) is 35.9 Å². The summed E-state index contributed by atoms with van der Waals surface area (Å²) in [5.41, 5.74) is 1.81. The molecule has 0 fully saturated rings. The molecule has 0 unspecified atom stereocenters. The molecule has 0 aliphatic rings. The van der Waals surface area contributed by atoms with Gasteiger partial charge in [-0.15, -0.1) is 0 Å². The number of carbonyl (C=O) groups excluding carboxylic acids is 1. The van der Waals surface area contributed by atoms with Crippen LogP contribution in [0.1, 0.15) is 5.56 Å². The summed E-state index contributed by atoms with van der Waals surface area (Å²) in [7, 11) is -1.84. The number of halogens is 2. The van der Waals surface area contributed by atoms with Gasteiger partial charge < -0.3 is 5.32 Å². The Morgan fingerprint density at radius 3 is 2.12 bits per heavy atom. The summed E-state index contributed by atoms with van der Waals surface area (Å²) in [6.45, 7) is 0. The fourth-order valence-electron chi connectivity index (χ4n) is 2.03. The van der Waals surface area contributed by atoms with Crippen LogP contribution in [0, 0.1) is 0 Å². The second-order valence-electron chi connectivity index (χ2n) is 5.28. The molecule has 0 saturated heterocycles. The average molecular weight is 387 g/mol. The zero-order valence-electron chi connectivity index (χ0n) is 13.1. The maximum Gasteiger partial charge on any atom is 0.231 e. The standard InChI is InChI=1S/C16H16Cl2N2O3S/c1-20(24(2,22)23)15-5-3-11(4-6-15)7-16(21)19-14-9-12(17)8-13(18)10-14/h3-6,8-10H,7H2,1-2H3,(H,19,21). The van der Waals surface area contributed by atoms with Gasteiger partial charge in [0.1, 0.15) is 0 Å². The Labute approximate surface area is 151 Å². The fourth-order valence-corrected chi connectivity index (χ4v) is 3.06. The molecule has 0 radical (unpaired) electrons. The van der Waals surface area contributed by atoms with Crippen LogP contribution in [0.3, 0.4) is 0 Å². The summed E-state index contributed by atoms with van der Waals surface area (Å²) in [6.07, 6.45) is 1.28. The van der Waals surface area contributed by atoms with Crippen LogP contribution in [0.2, 0.25) is 10.0 Å². The minimum Gasteiger partial charge on any atom is -0.326 e. The topological polar surface area (TPSA) is 66.5 Å². The molecule has 0 spiro atoms. The van der Waals surface area contributed by atoms with Gasteiger partial charge in [0.05, 0.1) is 18.4 Å². The highest BCUT2D eigenvalue weighted by molar-refractivity contribution is 7.92. The van der Waals surface area contributed by atoms with Gasteiger partial charge in [0, 0.05) is 22.8 Å². The molecule has 0 aromatic heterocycles. The van der Waals surface area contributed by atoms with Crippen molar-refractivity contribution in [3.8, 4) is 0 Å². The lowest BCUT2D eigenvalue weighted by atomic mass is 10.1. The molecular formula is C16H16Cl2N2O3S. The van der Waals surface area contributed by atoms with E-state index in [0.29, 0.717) is 21.4 Å². The number of anilines is 2. The number of hydrogen-bond donors (Lipinski definition) is 1. The molecule has 2 rings (SSSR count). The second-order valence-corrected chi connectivity index (χ2v) is 8.17. The zero-order chi connectivity index (χ0) is 17.9. The number of benzene rings is 2. The van der Waals surface area contributed by atoms with Gasteiger partial charge in [-0.1, -0.05) is 35.3 Å². The minimum atomic E-state index is -3.31. The van der Waals surface area contributed by atoms with Gasteiger partial charge in [0.25, 0.3) is 0 Å². The van der Waals surface area contributed by atoms with E-state index in [0.717, 1.165) is 11.8 Å². The number of hydrogen-bond acceptors (Lipinski definition) is 3. The van der Waals surface area contributed by atoms with Gasteiger partial charge >= 0.3 is 0 Å². The lowest BCUT2D eigenvalue weighted by molar-refractivity contribution is -0.115. The van der Waals surface area contributed by atoms with Crippen LogP contribution in [-0.2, 0) is 21.2 Å². The lowest BCUT2D eigenvalue weighted by Gasteiger charge is -2.16. The van der Waals surface area contributed by atoms with E-state index in [9.17, 15) is 13.2 Å². The molecule has 2 aromatic rings. The zero-order valence-corrected chi connectivity index (χ0v) is 15.4. The Hall–Kier alpha value is -1.76. The number of sulfonamides is 1. The van der Waals surface area contributed by atoms with E-state index in [1.807, 2.05) is 0 Å². The first-order valence-electron chi connectivity index (χ1n) is 6.94. The van der Waals surface area contributed by atoms with Crippen molar-refractivity contribution >= 4 is 50.5 Å². The number of rotatable bonds is 5. The Morgan fingerprint density at radius 1 is 1.08 bits per heavy atom. The molecule has 0 aliphatic carbocycles. The Morgan fingerprint density at radius 2 is 1.62 bits per heavy atom. The monoisotopic (exact) mass is 386 g/mol. The van der Waals surface area contributed by atoms with Gasteiger partial charge in [0.2, 0.25) is 15.9 Å². The summed E-state index contributed by atoms with van der Waals surface area (Å²) in [5.74, 6) is -0.224. The normalized spacial score (nSPS) is 11.2.